The van der Waals surface area contributed by atoms with Gasteiger partial charge in [0.25, 0.3) is 0 Å². The maximum absolute atomic E-state index is 12.9. The Balaban J connectivity index is 0.000000444. The fourth-order valence-electron chi connectivity index (χ4n) is 16.4. The van der Waals surface area contributed by atoms with Crippen LogP contribution < -0.4 is 28.4 Å². The maximum Gasteiger partial charge on any atom is 0.231 e. The second-order valence-electron chi connectivity index (χ2n) is 28.8. The van der Waals surface area contributed by atoms with Crippen molar-refractivity contribution in [3.8, 4) is 34.5 Å². The first-order valence-corrected chi connectivity index (χ1v) is 35.8. The fraction of sp³-hybridized carbons (Fsp3) is 0.413. The lowest BCUT2D eigenvalue weighted by Crippen LogP contribution is -2.95. The molecule has 0 N–H and O–H groups in total. The number of rotatable bonds is 33. The van der Waals surface area contributed by atoms with Crippen molar-refractivity contribution in [1.29, 1.82) is 0 Å². The van der Waals surface area contributed by atoms with E-state index in [0.717, 1.165) is 76.7 Å². The summed E-state index contributed by atoms with van der Waals surface area (Å²) in [6, 6.07) is 20.1. The molecule has 0 amide bonds. The Hall–Kier alpha value is -1.91. The lowest BCUT2D eigenvalue weighted by Gasteiger charge is -2.57. The summed E-state index contributed by atoms with van der Waals surface area (Å²) in [6.07, 6.45) is -27.2. The van der Waals surface area contributed by atoms with E-state index in [1.165, 1.54) is 23.8 Å². The lowest BCUT2D eigenvalue weighted by atomic mass is 8.24. The number of carbonyl (C=O) groups is 2. The van der Waals surface area contributed by atoms with E-state index in [1.807, 2.05) is 68.4 Å². The molecule has 63 heteroatoms. The monoisotopic (exact) mass is 1350 g/mol. The average molecular weight is 1340 g/mol. The van der Waals surface area contributed by atoms with Gasteiger partial charge in [0, 0.05) is 419 Å². The predicted octanol–water partition coefficient (Wildman–Crippen LogP) is -12.3. The van der Waals surface area contributed by atoms with E-state index in [1.54, 1.807) is 21.1 Å². The van der Waals surface area contributed by atoms with Gasteiger partial charge in [0.1, 0.15) is 25.2 Å². The van der Waals surface area contributed by atoms with Crippen molar-refractivity contribution in [3.05, 3.63) is 105 Å². The third kappa shape index (κ3) is 26.5. The van der Waals surface area contributed by atoms with Crippen molar-refractivity contribution in [3.63, 3.8) is 0 Å². The molecule has 55 radical (unpaired) electrons. The Morgan fingerprint density at radius 1 is 0.486 bits per heavy atom. The van der Waals surface area contributed by atoms with Gasteiger partial charge in [-0.05, 0) is 79.8 Å². The van der Waals surface area contributed by atoms with Crippen LogP contribution in [0.15, 0.2) is 60.7 Å². The van der Waals surface area contributed by atoms with Crippen molar-refractivity contribution >= 4 is 393 Å². The van der Waals surface area contributed by atoms with Crippen LogP contribution >= 0.6 is 0 Å². The number of ketones is 2. The zero-order chi connectivity index (χ0) is 80.5. The SMILES string of the molecule is C.C.CC(=O)Cc1ccccc1C.COc1c2c(cc3c1C(CC(=O)Cc1ccccc1C)N(C)CC3)OCO2.COc1c2c(cc3c1OCO3)CC[N+](C)=C2.[B][B]B(B([B])[B])B(B(B([B])[B])B([B])[B])B(B(B([B])[B])B([B])[B])B(B(B(B([B])[B])B([B])[B])B(B([B])[B])B([B])[B])B(B(B([B])[B])B([B])[B])B(B([B])[B])B([B])[B]. The molecule has 109 heavy (non-hydrogen) atoms. The first-order chi connectivity index (χ1) is 50.2. The molecule has 0 aromatic heterocycles. The molecule has 0 aliphatic carbocycles. The fourth-order valence-corrected chi connectivity index (χ4v) is 16.4. The highest BCUT2D eigenvalue weighted by molar-refractivity contribution is 8.36. The van der Waals surface area contributed by atoms with Gasteiger partial charge in [-0.15, -0.1) is 0 Å². The molecular formula is C46H59B53N2O8+. The van der Waals surface area contributed by atoms with Crippen molar-refractivity contribution in [1.82, 2.24) is 4.90 Å². The molecule has 4 heterocycles. The third-order valence-electron chi connectivity index (χ3n) is 21.2. The number of hydrogen-bond acceptors (Lipinski definition) is 9. The number of nitrogens with zero attached hydrogens (tertiary/aromatic N) is 2. The van der Waals surface area contributed by atoms with Crippen molar-refractivity contribution in [2.75, 3.05) is 55.0 Å². The van der Waals surface area contributed by atoms with Crippen molar-refractivity contribution < 1.29 is 42.6 Å². The summed E-state index contributed by atoms with van der Waals surface area (Å²) >= 11 is 0. The summed E-state index contributed by atoms with van der Waals surface area (Å²) in [7, 11) is 183. The number of carbonyl (C=O) groups excluding carboxylic acids is 2. The van der Waals surface area contributed by atoms with Crippen LogP contribution in [0.3, 0.4) is 0 Å². The summed E-state index contributed by atoms with van der Waals surface area (Å²) in [4.78, 5) is 25.9. The number of hydrogen-bond donors (Lipinski definition) is 0. The number of methoxy groups -OCH3 is 2. The number of aryl methyl sites for hydroxylation is 2. The molecule has 0 spiro atoms. The van der Waals surface area contributed by atoms with Gasteiger partial charge in [0.15, 0.2) is 29.2 Å². The molecule has 8 rings (SSSR count). The van der Waals surface area contributed by atoms with Crippen molar-refractivity contribution in [2.24, 2.45) is 0 Å². The third-order valence-corrected chi connectivity index (χ3v) is 21.2. The Kier molecular flexibility index (Phi) is 44.1. The van der Waals surface area contributed by atoms with Crippen LogP contribution in [0, 0.1) is 13.8 Å². The van der Waals surface area contributed by atoms with Gasteiger partial charge in [-0.1, -0.05) is 63.4 Å². The van der Waals surface area contributed by atoms with E-state index in [9.17, 15) is 9.59 Å². The largest absolute Gasteiger partial charge is 0.492 e. The highest BCUT2D eigenvalue weighted by Gasteiger charge is 2.61. The first-order valence-electron chi connectivity index (χ1n) is 35.8. The standard InChI is InChI=1S/C22H25NO4.C12H14NO3.C10H12O.2CH4.B53/c1-14-6-4-5-7-15(14)10-17(24)12-18-20-16(8-9-23(18)2)11-19-21(22(20)25-3)27-13-26-19;1-13-4-3-8-5-10-12(16-7-15-10)11(14-2)9(8)6-13;1-8-5-3-4-6-10(8)7-9(2)11;;;1-28-42(29(2)3)49(43(30(4)5)31(6)7)52(48(40(24)25)41(26)27)53(50(44(32(8)9)33(10)11)45(34(12)13)35(14)15)51(46(36(16)17)37(18)19)47(38(20)21)39(22)23/h4-7,11,18H,8-10,12-13H2,1-3H3;5-6H,3-4,7H2,1-2H3;3-6H,7H2,1-2H3;2*1H4;/q;+1;;;;. The van der Waals surface area contributed by atoms with Crippen LogP contribution in [0.4, 0.5) is 0 Å². The minimum atomic E-state index is -1.40. The first kappa shape index (κ1) is 101. The quantitative estimate of drug-likeness (QED) is 0.0341. The highest BCUT2D eigenvalue weighted by atomic mass is 16.7. The average Bonchev–Trinajstić information content (AvgIpc) is 1.25. The molecule has 1 unspecified atom stereocenters. The van der Waals surface area contributed by atoms with Crippen molar-refractivity contribution in [2.45, 2.75) is 73.8 Å². The number of likely N-dealkylation sites (N-methyl/N-ethyl adjacent to an activating group) is 2. The molecule has 4 aliphatic rings. The molecule has 10 nitrogen and oxygen atoms in total. The second-order valence-corrected chi connectivity index (χ2v) is 28.8. The van der Waals surface area contributed by atoms with E-state index in [-0.39, 0.29) is 46.0 Å². The summed E-state index contributed by atoms with van der Waals surface area (Å²) in [5.74, 6) is 4.87. The zero-order valence-electron chi connectivity index (χ0n) is 63.1. The Bertz CT molecular complexity index is 3370. The summed E-state index contributed by atoms with van der Waals surface area (Å²) in [5, 5.41) is 0. The van der Waals surface area contributed by atoms with Crippen LogP contribution in [-0.2, 0) is 35.3 Å². The van der Waals surface area contributed by atoms with E-state index < -0.39 is 160 Å². The van der Waals surface area contributed by atoms with E-state index in [4.69, 9.17) is 237 Å². The van der Waals surface area contributed by atoms with Gasteiger partial charge in [-0.2, -0.15) is 0 Å². The molecule has 0 saturated carbocycles. The van der Waals surface area contributed by atoms with E-state index in [2.05, 4.69) is 35.9 Å². The molecule has 4 aromatic carbocycles. The Morgan fingerprint density at radius 2 is 0.835 bits per heavy atom. The van der Waals surface area contributed by atoms with E-state index in [0.29, 0.717) is 30.8 Å². The molecule has 0 fully saturated rings. The lowest BCUT2D eigenvalue weighted by molar-refractivity contribution is -0.493. The predicted molar refractivity (Wildman–Crippen MR) is 526 cm³/mol. The Morgan fingerprint density at radius 3 is 1.19 bits per heavy atom. The molecule has 459 valence electrons. The van der Waals surface area contributed by atoms with Gasteiger partial charge in [-0.3, -0.25) is 14.5 Å². The molecule has 1 atom stereocenters. The summed E-state index contributed by atoms with van der Waals surface area (Å²) in [5.41, 5.74) is 9.21. The minimum absolute atomic E-state index is 0. The van der Waals surface area contributed by atoms with Gasteiger partial charge >= 0.3 is 0 Å². The number of Topliss-reactive ketones (excluding diaryl/α,β-unsaturated/α-hetero) is 2. The van der Waals surface area contributed by atoms with Crippen LogP contribution in [0.2, 0.25) is 0 Å². The molecule has 0 saturated heterocycles. The highest BCUT2D eigenvalue weighted by Crippen LogP contribution is 2.50. The number of ether oxygens (including phenoxy) is 6. The Labute approximate surface area is 703 Å². The second kappa shape index (κ2) is 47.5. The van der Waals surface area contributed by atoms with Gasteiger partial charge in [0.05, 0.1) is 19.8 Å². The van der Waals surface area contributed by atoms with Crippen LogP contribution in [0.5, 0.6) is 34.5 Å². The zero-order valence-corrected chi connectivity index (χ0v) is 63.1. The molecular weight excluding hydrogens is 1280 g/mol. The molecule has 0 bridgehead atoms. The molecule has 4 aliphatic heterocycles. The van der Waals surface area contributed by atoms with E-state index >= 15 is 0 Å². The number of benzene rings is 4. The van der Waals surface area contributed by atoms with Gasteiger partial charge in [0.2, 0.25) is 25.1 Å². The summed E-state index contributed by atoms with van der Waals surface area (Å²) in [6.45, 7) is 8.11. The van der Waals surface area contributed by atoms with Gasteiger partial charge in [-0.25, -0.2) is 4.58 Å². The number of fused-ring (bicyclic) bond motifs is 4. The molecule has 4 aromatic rings. The smallest absolute Gasteiger partial charge is 0.231 e. The normalized spacial score (nSPS) is 12.7. The minimum Gasteiger partial charge on any atom is -0.492 e. The van der Waals surface area contributed by atoms with Crippen LogP contribution in [-0.4, -0.2) is 458 Å². The summed E-state index contributed by atoms with van der Waals surface area (Å²) < 4.78 is 35.3. The van der Waals surface area contributed by atoms with Crippen LogP contribution in [0.1, 0.15) is 78.7 Å². The van der Waals surface area contributed by atoms with Crippen LogP contribution in [0.25, 0.3) is 0 Å². The van der Waals surface area contributed by atoms with Gasteiger partial charge < -0.3 is 28.4 Å². The topological polar surface area (TPSA) is 95.8 Å². The maximum atomic E-state index is 12.9.